The number of thioether (sulfide) groups is 1. The number of carbonyl (C=O) groups excluding carboxylic acids is 1. The number of aryl methyl sites for hydroxylation is 1. The van der Waals surface area contributed by atoms with Crippen molar-refractivity contribution >= 4 is 50.9 Å². The van der Waals surface area contributed by atoms with Crippen LogP contribution in [0.3, 0.4) is 0 Å². The van der Waals surface area contributed by atoms with Gasteiger partial charge in [0.2, 0.25) is 0 Å². The summed E-state index contributed by atoms with van der Waals surface area (Å²) in [5.41, 5.74) is 2.88. The van der Waals surface area contributed by atoms with Gasteiger partial charge in [0.25, 0.3) is 11.5 Å². The van der Waals surface area contributed by atoms with Gasteiger partial charge in [0.1, 0.15) is 15.7 Å². The van der Waals surface area contributed by atoms with Crippen molar-refractivity contribution in [2.45, 2.75) is 30.5 Å². The fraction of sp³-hybridized carbons (Fsp3) is 0.200. The lowest BCUT2D eigenvalue weighted by atomic mass is 10.1. The Balaban J connectivity index is 1.47. The van der Waals surface area contributed by atoms with Crippen LogP contribution in [0.5, 0.6) is 0 Å². The van der Waals surface area contributed by atoms with Crippen molar-refractivity contribution in [3.05, 3.63) is 87.1 Å². The monoisotopic (exact) mass is 490 g/mol. The van der Waals surface area contributed by atoms with Crippen molar-refractivity contribution < 1.29 is 9.21 Å². The number of benzene rings is 2. The van der Waals surface area contributed by atoms with E-state index in [1.807, 2.05) is 49.6 Å². The largest absolute Gasteiger partial charge is 0.451 e. The Morgan fingerprint density at radius 2 is 1.88 bits per heavy atom. The normalized spacial score (nSPS) is 11.4. The Hall–Kier alpha value is -3.43. The number of hydrogen-bond acceptors (Lipinski definition) is 7. The summed E-state index contributed by atoms with van der Waals surface area (Å²) in [6.07, 6.45) is 0. The molecule has 9 heteroatoms. The highest BCUT2D eigenvalue weighted by atomic mass is 32.2. The molecule has 0 aliphatic rings. The topological polar surface area (TPSA) is 92.1 Å². The molecule has 0 fully saturated rings. The molecule has 5 aromatic rings. The molecule has 0 aliphatic heterocycles. The van der Waals surface area contributed by atoms with Gasteiger partial charge >= 0.3 is 0 Å². The number of furan rings is 1. The summed E-state index contributed by atoms with van der Waals surface area (Å²) in [4.78, 5) is 39.6. The molecule has 0 saturated carbocycles. The van der Waals surface area contributed by atoms with Gasteiger partial charge in [-0.1, -0.05) is 42.1 Å². The van der Waals surface area contributed by atoms with Crippen LogP contribution in [0, 0.1) is 6.92 Å². The SMILES string of the molecule is CCN(Cc1nc2ccccc2c(=O)[nH]1)C(=O)c1oc2ccccc2c1CSc1nc(C)cs1. The van der Waals surface area contributed by atoms with Gasteiger partial charge in [0.15, 0.2) is 5.76 Å². The molecule has 3 aromatic heterocycles. The van der Waals surface area contributed by atoms with E-state index in [2.05, 4.69) is 15.0 Å². The molecule has 0 saturated heterocycles. The molecule has 0 aliphatic carbocycles. The third-order valence-electron chi connectivity index (χ3n) is 5.50. The van der Waals surface area contributed by atoms with Crippen LogP contribution >= 0.6 is 23.1 Å². The number of fused-ring (bicyclic) bond motifs is 2. The summed E-state index contributed by atoms with van der Waals surface area (Å²) >= 11 is 3.18. The molecule has 0 bridgehead atoms. The molecule has 2 aromatic carbocycles. The summed E-state index contributed by atoms with van der Waals surface area (Å²) < 4.78 is 7.01. The lowest BCUT2D eigenvalue weighted by Gasteiger charge is -2.19. The highest BCUT2D eigenvalue weighted by molar-refractivity contribution is 8.00. The number of aromatic nitrogens is 3. The van der Waals surface area contributed by atoms with Crippen LogP contribution in [-0.4, -0.2) is 32.3 Å². The zero-order valence-corrected chi connectivity index (χ0v) is 20.3. The number of carbonyl (C=O) groups is 1. The Morgan fingerprint density at radius 1 is 1.12 bits per heavy atom. The van der Waals surface area contributed by atoms with Crippen LogP contribution in [0.1, 0.15) is 34.6 Å². The maximum absolute atomic E-state index is 13.6. The summed E-state index contributed by atoms with van der Waals surface area (Å²) in [5.74, 6) is 1.07. The lowest BCUT2D eigenvalue weighted by Crippen LogP contribution is -2.32. The van der Waals surface area contributed by atoms with E-state index in [9.17, 15) is 9.59 Å². The molecule has 0 spiro atoms. The Labute approximate surface area is 203 Å². The fourth-order valence-corrected chi connectivity index (χ4v) is 5.69. The van der Waals surface area contributed by atoms with E-state index < -0.39 is 0 Å². The van der Waals surface area contributed by atoms with Gasteiger partial charge in [-0.05, 0) is 32.0 Å². The minimum absolute atomic E-state index is 0.171. The van der Waals surface area contributed by atoms with Gasteiger partial charge in [0, 0.05) is 34.3 Å². The van der Waals surface area contributed by atoms with Gasteiger partial charge in [-0.3, -0.25) is 9.59 Å². The molecule has 3 heterocycles. The standard InChI is InChI=1S/C25H22N4O3S2/c1-3-29(12-21-27-19-10-6-4-9-17(19)23(30)28-21)24(31)22-18(14-34-25-26-15(2)13-33-25)16-8-5-7-11-20(16)32-22/h4-11,13H,3,12,14H2,1-2H3,(H,27,28,30). The van der Waals surface area contributed by atoms with Crippen molar-refractivity contribution in [1.82, 2.24) is 19.9 Å². The Kier molecular flexibility index (Phi) is 6.21. The molecule has 1 N–H and O–H groups in total. The molecule has 0 radical (unpaired) electrons. The quantitative estimate of drug-likeness (QED) is 0.308. The average Bonchev–Trinajstić information content (AvgIpc) is 3.43. The smallest absolute Gasteiger partial charge is 0.290 e. The van der Waals surface area contributed by atoms with Crippen LogP contribution in [0.15, 0.2) is 67.5 Å². The number of rotatable bonds is 7. The van der Waals surface area contributed by atoms with Gasteiger partial charge < -0.3 is 14.3 Å². The first kappa shape index (κ1) is 22.4. The van der Waals surface area contributed by atoms with E-state index in [0.29, 0.717) is 40.4 Å². The summed E-state index contributed by atoms with van der Waals surface area (Å²) in [6.45, 7) is 4.47. The van der Waals surface area contributed by atoms with Crippen molar-refractivity contribution in [3.8, 4) is 0 Å². The van der Waals surface area contributed by atoms with Crippen LogP contribution in [0.25, 0.3) is 21.9 Å². The number of hydrogen-bond donors (Lipinski definition) is 1. The zero-order chi connectivity index (χ0) is 23.7. The molecule has 0 unspecified atom stereocenters. The molecule has 34 heavy (non-hydrogen) atoms. The summed E-state index contributed by atoms with van der Waals surface area (Å²) in [6, 6.07) is 14.8. The Bertz CT molecular complexity index is 1550. The van der Waals surface area contributed by atoms with E-state index in [-0.39, 0.29) is 18.0 Å². The first-order chi connectivity index (χ1) is 16.5. The van der Waals surface area contributed by atoms with Crippen LogP contribution < -0.4 is 5.56 Å². The predicted molar refractivity (Wildman–Crippen MR) is 135 cm³/mol. The van der Waals surface area contributed by atoms with E-state index >= 15 is 0 Å². The highest BCUT2D eigenvalue weighted by Gasteiger charge is 2.25. The molecule has 172 valence electrons. The highest BCUT2D eigenvalue weighted by Crippen LogP contribution is 2.34. The summed E-state index contributed by atoms with van der Waals surface area (Å²) in [5, 5.41) is 3.45. The maximum atomic E-state index is 13.6. The minimum Gasteiger partial charge on any atom is -0.451 e. The zero-order valence-electron chi connectivity index (χ0n) is 18.7. The van der Waals surface area contributed by atoms with Gasteiger partial charge in [-0.2, -0.15) is 0 Å². The second kappa shape index (κ2) is 9.44. The minimum atomic E-state index is -0.236. The van der Waals surface area contributed by atoms with E-state index in [4.69, 9.17) is 4.42 Å². The van der Waals surface area contributed by atoms with Crippen molar-refractivity contribution in [2.75, 3.05) is 6.54 Å². The van der Waals surface area contributed by atoms with Gasteiger partial charge in [-0.15, -0.1) is 11.3 Å². The van der Waals surface area contributed by atoms with Crippen LogP contribution in [0.2, 0.25) is 0 Å². The number of amides is 1. The number of nitrogens with zero attached hydrogens (tertiary/aromatic N) is 3. The molecule has 0 atom stereocenters. The number of nitrogens with one attached hydrogen (secondary N) is 1. The molecule has 5 rings (SSSR count). The average molecular weight is 491 g/mol. The molecular weight excluding hydrogens is 468 g/mol. The number of H-pyrrole nitrogens is 1. The van der Waals surface area contributed by atoms with Crippen LogP contribution in [-0.2, 0) is 12.3 Å². The third-order valence-corrected chi connectivity index (χ3v) is 7.67. The van der Waals surface area contributed by atoms with E-state index in [1.54, 1.807) is 46.2 Å². The van der Waals surface area contributed by atoms with Gasteiger partial charge in [-0.25, -0.2) is 9.97 Å². The lowest BCUT2D eigenvalue weighted by molar-refractivity contribution is 0.0717. The Morgan fingerprint density at radius 3 is 2.65 bits per heavy atom. The summed E-state index contributed by atoms with van der Waals surface area (Å²) in [7, 11) is 0. The van der Waals surface area contributed by atoms with Crippen molar-refractivity contribution in [3.63, 3.8) is 0 Å². The molecule has 7 nitrogen and oxygen atoms in total. The predicted octanol–water partition coefficient (Wildman–Crippen LogP) is 5.39. The second-order valence-corrected chi connectivity index (χ2v) is 9.88. The first-order valence-electron chi connectivity index (χ1n) is 10.9. The fourth-order valence-electron chi connectivity index (χ4n) is 3.81. The van der Waals surface area contributed by atoms with Crippen LogP contribution in [0.4, 0.5) is 0 Å². The van der Waals surface area contributed by atoms with E-state index in [0.717, 1.165) is 21.0 Å². The van der Waals surface area contributed by atoms with Crippen molar-refractivity contribution in [1.29, 1.82) is 0 Å². The first-order valence-corrected chi connectivity index (χ1v) is 12.7. The van der Waals surface area contributed by atoms with E-state index in [1.165, 1.54) is 0 Å². The molecular formula is C25H22N4O3S2. The molecule has 1 amide bonds. The van der Waals surface area contributed by atoms with Crippen molar-refractivity contribution in [2.24, 2.45) is 0 Å². The number of para-hydroxylation sites is 2. The second-order valence-electron chi connectivity index (χ2n) is 7.80. The van der Waals surface area contributed by atoms with Gasteiger partial charge in [0.05, 0.1) is 17.4 Å². The third kappa shape index (κ3) is 4.36. The number of aromatic amines is 1. The number of thiazole rings is 1. The maximum Gasteiger partial charge on any atom is 0.290 e.